The Morgan fingerprint density at radius 1 is 1.04 bits per heavy atom. The summed E-state index contributed by atoms with van der Waals surface area (Å²) in [5.41, 5.74) is 6.14. The summed E-state index contributed by atoms with van der Waals surface area (Å²) in [6.45, 7) is 14.5. The number of aryl methyl sites for hydroxylation is 1. The predicted octanol–water partition coefficient (Wildman–Crippen LogP) is 4.53. The molecule has 0 atom stereocenters. The van der Waals surface area contributed by atoms with Gasteiger partial charge in [0.1, 0.15) is 5.75 Å². The number of phenols is 1. The summed E-state index contributed by atoms with van der Waals surface area (Å²) in [5, 5.41) is 15.0. The zero-order valence-electron chi connectivity index (χ0n) is 16.2. The monoisotopic (exact) mass is 340 g/mol. The van der Waals surface area contributed by atoms with Gasteiger partial charge in [0.15, 0.2) is 0 Å². The van der Waals surface area contributed by atoms with Crippen LogP contribution >= 0.6 is 0 Å². The Morgan fingerprint density at radius 2 is 1.60 bits per heavy atom. The lowest BCUT2D eigenvalue weighted by atomic mass is 9.78. The van der Waals surface area contributed by atoms with Crippen molar-refractivity contribution < 1.29 is 5.11 Å². The van der Waals surface area contributed by atoms with Gasteiger partial charge in [0.25, 0.3) is 0 Å². The molecule has 0 amide bonds. The molecule has 0 bridgehead atoms. The molecule has 25 heavy (non-hydrogen) atoms. The molecule has 134 valence electrons. The minimum absolute atomic E-state index is 0.166. The first-order chi connectivity index (χ1) is 11.5. The number of hydrogen-bond acceptors (Lipinski definition) is 5. The Bertz CT molecular complexity index is 748. The molecule has 0 aliphatic heterocycles. The second kappa shape index (κ2) is 6.82. The highest BCUT2D eigenvalue weighted by Gasteiger charge is 2.26. The number of hydrogen-bond donors (Lipinski definition) is 2. The zero-order valence-corrected chi connectivity index (χ0v) is 16.2. The Balaban J connectivity index is 2.38. The number of aromatic nitrogens is 2. The molecule has 0 fully saturated rings. The maximum Gasteiger partial charge on any atom is 0.243 e. The third kappa shape index (κ3) is 4.78. The van der Waals surface area contributed by atoms with Gasteiger partial charge in [-0.2, -0.15) is 5.10 Å². The van der Waals surface area contributed by atoms with Gasteiger partial charge in [0.2, 0.25) is 5.95 Å². The smallest absolute Gasteiger partial charge is 0.243 e. The molecule has 0 aliphatic rings. The van der Waals surface area contributed by atoms with Crippen molar-refractivity contribution in [2.24, 2.45) is 5.10 Å². The molecule has 2 aromatic rings. The SMILES string of the molecule is Cc1ccnc(NN=Cc2cc(C(C)(C)C)c(O)c(C(C)(C)C)c2)n1. The van der Waals surface area contributed by atoms with Crippen molar-refractivity contribution in [3.05, 3.63) is 46.8 Å². The van der Waals surface area contributed by atoms with Crippen LogP contribution in [0.1, 0.15) is 63.9 Å². The van der Waals surface area contributed by atoms with Crippen LogP contribution < -0.4 is 5.43 Å². The molecule has 0 spiro atoms. The number of phenolic OH excluding ortho intramolecular Hbond substituents is 1. The Morgan fingerprint density at radius 3 is 2.08 bits per heavy atom. The largest absolute Gasteiger partial charge is 0.507 e. The van der Waals surface area contributed by atoms with Crippen molar-refractivity contribution in [2.45, 2.75) is 59.3 Å². The third-order valence-electron chi connectivity index (χ3n) is 3.92. The fourth-order valence-electron chi connectivity index (χ4n) is 2.54. The summed E-state index contributed by atoms with van der Waals surface area (Å²) in [5.74, 6) is 0.828. The van der Waals surface area contributed by atoms with Crippen molar-refractivity contribution in [3.8, 4) is 5.75 Å². The van der Waals surface area contributed by atoms with Gasteiger partial charge in [-0.25, -0.2) is 15.4 Å². The van der Waals surface area contributed by atoms with Crippen LogP contribution in [0.2, 0.25) is 0 Å². The average molecular weight is 340 g/mol. The summed E-state index contributed by atoms with van der Waals surface area (Å²) in [7, 11) is 0. The number of benzene rings is 1. The van der Waals surface area contributed by atoms with Crippen molar-refractivity contribution in [2.75, 3.05) is 5.43 Å². The lowest BCUT2D eigenvalue weighted by Crippen LogP contribution is -2.18. The highest BCUT2D eigenvalue weighted by atomic mass is 16.3. The summed E-state index contributed by atoms with van der Waals surface area (Å²) >= 11 is 0. The summed E-state index contributed by atoms with van der Waals surface area (Å²) in [4.78, 5) is 8.38. The van der Waals surface area contributed by atoms with E-state index in [1.165, 1.54) is 0 Å². The molecule has 2 N–H and O–H groups in total. The Labute approximate surface area is 150 Å². The van der Waals surface area contributed by atoms with Crippen molar-refractivity contribution in [1.82, 2.24) is 9.97 Å². The molecule has 0 saturated carbocycles. The molecule has 1 heterocycles. The van der Waals surface area contributed by atoms with Gasteiger partial charge in [-0.05, 0) is 41.5 Å². The Hall–Kier alpha value is -2.43. The minimum Gasteiger partial charge on any atom is -0.507 e. The van der Waals surface area contributed by atoms with E-state index in [0.29, 0.717) is 11.7 Å². The van der Waals surface area contributed by atoms with E-state index in [4.69, 9.17) is 0 Å². The highest BCUT2D eigenvalue weighted by Crippen LogP contribution is 2.39. The number of nitrogens with zero attached hydrogens (tertiary/aromatic N) is 3. The van der Waals surface area contributed by atoms with Crippen LogP contribution in [0, 0.1) is 6.92 Å². The first-order valence-electron chi connectivity index (χ1n) is 8.45. The number of anilines is 1. The Kier molecular flexibility index (Phi) is 5.16. The van der Waals surface area contributed by atoms with E-state index in [0.717, 1.165) is 22.4 Å². The normalized spacial score (nSPS) is 12.6. The molecule has 0 radical (unpaired) electrons. The van der Waals surface area contributed by atoms with Crippen LogP contribution in [0.25, 0.3) is 0 Å². The fourth-order valence-corrected chi connectivity index (χ4v) is 2.54. The van der Waals surface area contributed by atoms with Crippen LogP contribution in [-0.4, -0.2) is 21.3 Å². The maximum absolute atomic E-state index is 10.7. The number of aromatic hydroxyl groups is 1. The summed E-state index contributed by atoms with van der Waals surface area (Å²) in [6, 6.07) is 5.79. The zero-order chi connectivity index (χ0) is 18.8. The van der Waals surface area contributed by atoms with E-state index < -0.39 is 0 Å². The van der Waals surface area contributed by atoms with Crippen LogP contribution in [0.3, 0.4) is 0 Å². The quantitative estimate of drug-likeness (QED) is 0.636. The molecule has 1 aromatic heterocycles. The van der Waals surface area contributed by atoms with Gasteiger partial charge >= 0.3 is 0 Å². The molecule has 1 aromatic carbocycles. The van der Waals surface area contributed by atoms with Gasteiger partial charge in [-0.1, -0.05) is 41.5 Å². The topological polar surface area (TPSA) is 70.4 Å². The number of hydrazone groups is 1. The van der Waals surface area contributed by atoms with E-state index in [1.54, 1.807) is 12.4 Å². The maximum atomic E-state index is 10.7. The predicted molar refractivity (Wildman–Crippen MR) is 103 cm³/mol. The van der Waals surface area contributed by atoms with E-state index in [2.05, 4.69) is 62.0 Å². The van der Waals surface area contributed by atoms with Crippen molar-refractivity contribution in [3.63, 3.8) is 0 Å². The first kappa shape index (κ1) is 18.9. The summed E-state index contributed by atoms with van der Waals surface area (Å²) < 4.78 is 0. The molecule has 0 saturated heterocycles. The van der Waals surface area contributed by atoms with Crippen LogP contribution in [0.5, 0.6) is 5.75 Å². The molecule has 0 aliphatic carbocycles. The average Bonchev–Trinajstić information content (AvgIpc) is 2.46. The lowest BCUT2D eigenvalue weighted by molar-refractivity contribution is 0.423. The molecular weight excluding hydrogens is 312 g/mol. The lowest BCUT2D eigenvalue weighted by Gasteiger charge is -2.27. The summed E-state index contributed by atoms with van der Waals surface area (Å²) in [6.07, 6.45) is 3.42. The van der Waals surface area contributed by atoms with Crippen LogP contribution in [-0.2, 0) is 10.8 Å². The highest BCUT2D eigenvalue weighted by molar-refractivity contribution is 5.82. The first-order valence-corrected chi connectivity index (χ1v) is 8.45. The van der Waals surface area contributed by atoms with E-state index in [9.17, 15) is 5.11 Å². The van der Waals surface area contributed by atoms with Gasteiger partial charge < -0.3 is 5.11 Å². The van der Waals surface area contributed by atoms with Crippen molar-refractivity contribution in [1.29, 1.82) is 0 Å². The van der Waals surface area contributed by atoms with Crippen LogP contribution in [0.4, 0.5) is 5.95 Å². The fraction of sp³-hybridized carbons (Fsp3) is 0.450. The van der Waals surface area contributed by atoms with E-state index >= 15 is 0 Å². The molecular formula is C20H28N4O. The van der Waals surface area contributed by atoms with Crippen molar-refractivity contribution >= 4 is 12.2 Å². The van der Waals surface area contributed by atoms with Gasteiger partial charge in [0.05, 0.1) is 6.21 Å². The van der Waals surface area contributed by atoms with Gasteiger partial charge in [-0.15, -0.1) is 0 Å². The third-order valence-corrected chi connectivity index (χ3v) is 3.92. The van der Waals surface area contributed by atoms with E-state index in [-0.39, 0.29) is 10.8 Å². The van der Waals surface area contributed by atoms with E-state index in [1.807, 2.05) is 25.1 Å². The molecule has 2 rings (SSSR count). The van der Waals surface area contributed by atoms with Gasteiger partial charge in [0, 0.05) is 23.0 Å². The van der Waals surface area contributed by atoms with Crippen LogP contribution in [0.15, 0.2) is 29.5 Å². The van der Waals surface area contributed by atoms with Gasteiger partial charge in [-0.3, -0.25) is 0 Å². The second-order valence-corrected chi connectivity index (χ2v) is 8.36. The molecule has 5 heteroatoms. The number of nitrogens with one attached hydrogen (secondary N) is 1. The number of rotatable bonds is 3. The molecule has 0 unspecified atom stereocenters. The minimum atomic E-state index is -0.166. The second-order valence-electron chi connectivity index (χ2n) is 8.36. The standard InChI is InChI=1S/C20H28N4O/c1-13-8-9-21-18(23-13)24-22-12-14-10-15(19(2,3)4)17(25)16(11-14)20(5,6)7/h8-12,25H,1-7H3,(H,21,23,24). The molecule has 5 nitrogen and oxygen atoms in total.